The van der Waals surface area contributed by atoms with Gasteiger partial charge >= 0.3 is 5.97 Å². The Morgan fingerprint density at radius 1 is 1.11 bits per heavy atom. The van der Waals surface area contributed by atoms with Gasteiger partial charge in [0.25, 0.3) is 5.69 Å². The summed E-state index contributed by atoms with van der Waals surface area (Å²) in [4.78, 5) is 36.3. The van der Waals surface area contributed by atoms with Crippen LogP contribution in [0.3, 0.4) is 0 Å². The van der Waals surface area contributed by atoms with E-state index in [2.05, 4.69) is 11.4 Å². The molecule has 1 N–H and O–H groups in total. The Labute approximate surface area is 203 Å². The number of carbonyl (C=O) groups is 2. The fourth-order valence-corrected chi connectivity index (χ4v) is 3.97. The maximum absolute atomic E-state index is 13.2. The van der Waals surface area contributed by atoms with Gasteiger partial charge in [-0.1, -0.05) is 61.9 Å². The van der Waals surface area contributed by atoms with E-state index in [1.807, 2.05) is 49.4 Å². The van der Waals surface area contributed by atoms with Gasteiger partial charge in [0.05, 0.1) is 29.2 Å². The molecule has 0 aliphatic rings. The number of hydrogen-bond donors (Lipinski definition) is 1. The lowest BCUT2D eigenvalue weighted by molar-refractivity contribution is -0.384. The van der Waals surface area contributed by atoms with Crippen LogP contribution in [0.4, 0.5) is 11.4 Å². The average Bonchev–Trinajstić information content (AvgIpc) is 2.88. The number of nitriles is 1. The first-order valence-corrected chi connectivity index (χ1v) is 11.1. The maximum Gasteiger partial charge on any atom is 0.340 e. The number of esters is 1. The zero-order chi connectivity index (χ0) is 25.4. The Bertz CT molecular complexity index is 1280. The predicted molar refractivity (Wildman–Crippen MR) is 132 cm³/mol. The van der Waals surface area contributed by atoms with Gasteiger partial charge in [-0.15, -0.1) is 0 Å². The summed E-state index contributed by atoms with van der Waals surface area (Å²) in [6.45, 7) is 1.93. The third-order valence-electron chi connectivity index (χ3n) is 5.67. The van der Waals surface area contributed by atoms with Gasteiger partial charge in [0.1, 0.15) is 5.69 Å². The molecular formula is C27H25N3O5. The van der Waals surface area contributed by atoms with Crippen LogP contribution in [0.1, 0.15) is 41.3 Å². The van der Waals surface area contributed by atoms with Crippen molar-refractivity contribution >= 4 is 23.3 Å². The second-order valence-electron chi connectivity index (χ2n) is 7.99. The molecule has 35 heavy (non-hydrogen) atoms. The van der Waals surface area contributed by atoms with Crippen molar-refractivity contribution < 1.29 is 19.2 Å². The molecule has 0 saturated carbocycles. The number of nitro benzene ring substituents is 1. The minimum atomic E-state index is -0.786. The normalized spacial score (nSPS) is 11.2. The first-order chi connectivity index (χ1) is 16.9. The molecule has 178 valence electrons. The maximum atomic E-state index is 13.2. The van der Waals surface area contributed by atoms with Crippen molar-refractivity contribution in [1.29, 1.82) is 5.26 Å². The molecule has 8 heteroatoms. The zero-order valence-corrected chi connectivity index (χ0v) is 19.5. The molecule has 0 heterocycles. The van der Waals surface area contributed by atoms with Crippen molar-refractivity contribution in [3.05, 3.63) is 93.5 Å². The largest absolute Gasteiger partial charge is 0.465 e. The Hall–Kier alpha value is -4.51. The number of benzene rings is 3. The molecule has 8 nitrogen and oxygen atoms in total. The quantitative estimate of drug-likeness (QED) is 0.249. The summed E-state index contributed by atoms with van der Waals surface area (Å²) in [6.07, 6.45) is 1.55. The lowest BCUT2D eigenvalue weighted by atomic mass is 9.91. The molecule has 0 spiro atoms. The third-order valence-corrected chi connectivity index (χ3v) is 5.67. The van der Waals surface area contributed by atoms with Crippen LogP contribution in [0.2, 0.25) is 0 Å². The summed E-state index contributed by atoms with van der Waals surface area (Å²) in [5, 5.41) is 23.8. The van der Waals surface area contributed by atoms with E-state index in [-0.39, 0.29) is 11.3 Å². The molecule has 0 aliphatic carbocycles. The molecule has 1 amide bonds. The zero-order valence-electron chi connectivity index (χ0n) is 19.5. The minimum Gasteiger partial charge on any atom is -0.465 e. The second kappa shape index (κ2) is 11.6. The number of carbonyl (C=O) groups excluding carboxylic acids is 2. The topological polar surface area (TPSA) is 122 Å². The number of amides is 1. The van der Waals surface area contributed by atoms with E-state index in [4.69, 9.17) is 4.74 Å². The fourth-order valence-electron chi connectivity index (χ4n) is 3.97. The molecule has 0 bridgehead atoms. The van der Waals surface area contributed by atoms with Crippen LogP contribution in [0.15, 0.2) is 66.7 Å². The Kier molecular flexibility index (Phi) is 8.30. The van der Waals surface area contributed by atoms with Crippen molar-refractivity contribution in [3.63, 3.8) is 0 Å². The Morgan fingerprint density at radius 3 is 2.49 bits per heavy atom. The van der Waals surface area contributed by atoms with E-state index in [1.54, 1.807) is 6.07 Å². The van der Waals surface area contributed by atoms with Crippen molar-refractivity contribution in [1.82, 2.24) is 0 Å². The van der Waals surface area contributed by atoms with Crippen LogP contribution in [0, 0.1) is 27.4 Å². The van der Waals surface area contributed by atoms with Gasteiger partial charge in [-0.05, 0) is 41.7 Å². The third kappa shape index (κ3) is 5.89. The number of methoxy groups -OCH3 is 1. The molecule has 1 unspecified atom stereocenters. The molecule has 3 aromatic carbocycles. The lowest BCUT2D eigenvalue weighted by Gasteiger charge is -2.18. The van der Waals surface area contributed by atoms with Gasteiger partial charge in [0, 0.05) is 12.0 Å². The molecule has 3 rings (SSSR count). The lowest BCUT2D eigenvalue weighted by Crippen LogP contribution is -2.26. The van der Waals surface area contributed by atoms with Crippen LogP contribution >= 0.6 is 0 Å². The number of ether oxygens (including phenoxy) is 1. The van der Waals surface area contributed by atoms with Crippen LogP contribution < -0.4 is 5.32 Å². The van der Waals surface area contributed by atoms with Gasteiger partial charge < -0.3 is 10.1 Å². The van der Waals surface area contributed by atoms with Crippen LogP contribution in [0.25, 0.3) is 11.1 Å². The first kappa shape index (κ1) is 25.1. The Balaban J connectivity index is 1.90. The summed E-state index contributed by atoms with van der Waals surface area (Å²) >= 11 is 0. The molecule has 0 fully saturated rings. The van der Waals surface area contributed by atoms with Crippen molar-refractivity contribution in [2.75, 3.05) is 12.4 Å². The highest BCUT2D eigenvalue weighted by Crippen LogP contribution is 2.31. The van der Waals surface area contributed by atoms with E-state index >= 15 is 0 Å². The smallest absolute Gasteiger partial charge is 0.340 e. The molecule has 3 aromatic rings. The number of hydrogen-bond acceptors (Lipinski definition) is 6. The van der Waals surface area contributed by atoms with Gasteiger partial charge in [-0.3, -0.25) is 14.9 Å². The van der Waals surface area contributed by atoms with E-state index in [9.17, 15) is 25.0 Å². The van der Waals surface area contributed by atoms with E-state index < -0.39 is 28.4 Å². The Morgan fingerprint density at radius 2 is 1.86 bits per heavy atom. The number of nitro groups is 1. The number of anilines is 1. The summed E-state index contributed by atoms with van der Waals surface area (Å²) in [5.41, 5.74) is 2.34. The van der Waals surface area contributed by atoms with Crippen LogP contribution in [0.5, 0.6) is 0 Å². The molecule has 0 aliphatic heterocycles. The van der Waals surface area contributed by atoms with Crippen molar-refractivity contribution in [2.24, 2.45) is 5.92 Å². The highest BCUT2D eigenvalue weighted by molar-refractivity contribution is 6.04. The molecule has 0 saturated heterocycles. The van der Waals surface area contributed by atoms with Gasteiger partial charge in [0.15, 0.2) is 0 Å². The predicted octanol–water partition coefficient (Wildman–Crippen LogP) is 5.52. The molecular weight excluding hydrogens is 446 g/mol. The SMILES string of the molecule is CCCC(Cc1ccc(-c2ccccc2)c(C#N)c1)C(=O)Nc1c(C(=O)OC)cccc1[N+](=O)[O-]. The van der Waals surface area contributed by atoms with E-state index in [1.165, 1.54) is 25.3 Å². The van der Waals surface area contributed by atoms with Crippen molar-refractivity contribution in [3.8, 4) is 17.2 Å². The van der Waals surface area contributed by atoms with Crippen LogP contribution in [-0.4, -0.2) is 23.9 Å². The highest BCUT2D eigenvalue weighted by Gasteiger charge is 2.27. The minimum absolute atomic E-state index is 0.0933. The fraction of sp³-hybridized carbons (Fsp3) is 0.222. The summed E-state index contributed by atoms with van der Waals surface area (Å²) in [5.74, 6) is -1.76. The highest BCUT2D eigenvalue weighted by atomic mass is 16.6. The summed E-state index contributed by atoms with van der Waals surface area (Å²) in [7, 11) is 1.17. The van der Waals surface area contributed by atoms with E-state index in [0.717, 1.165) is 16.7 Å². The van der Waals surface area contributed by atoms with Crippen molar-refractivity contribution in [2.45, 2.75) is 26.2 Å². The second-order valence-corrected chi connectivity index (χ2v) is 7.99. The summed E-state index contributed by atoms with van der Waals surface area (Å²) in [6, 6.07) is 21.2. The van der Waals surface area contributed by atoms with E-state index in [0.29, 0.717) is 24.8 Å². The number of nitrogens with zero attached hydrogens (tertiary/aromatic N) is 2. The molecule has 0 aromatic heterocycles. The monoisotopic (exact) mass is 471 g/mol. The standard InChI is InChI=1S/C27H25N3O5/c1-3-8-20(15-18-13-14-22(21(16-18)17-28)19-9-5-4-6-10-19)26(31)29-25-23(27(32)35-2)11-7-12-24(25)30(33)34/h4-7,9-14,16,20H,3,8,15H2,1-2H3,(H,29,31). The van der Waals surface area contributed by atoms with Crippen LogP contribution in [-0.2, 0) is 16.0 Å². The number of para-hydroxylation sites is 1. The average molecular weight is 472 g/mol. The van der Waals surface area contributed by atoms with Gasteiger partial charge in [-0.25, -0.2) is 4.79 Å². The number of nitrogens with one attached hydrogen (secondary N) is 1. The van der Waals surface area contributed by atoms with Gasteiger partial charge in [0.2, 0.25) is 5.91 Å². The molecule has 0 radical (unpaired) electrons. The molecule has 1 atom stereocenters. The first-order valence-electron chi connectivity index (χ1n) is 11.1. The van der Waals surface area contributed by atoms with Gasteiger partial charge in [-0.2, -0.15) is 5.26 Å². The summed E-state index contributed by atoms with van der Waals surface area (Å²) < 4.78 is 4.73. The number of rotatable bonds is 9.